The first-order valence-corrected chi connectivity index (χ1v) is 17.9. The average molecular weight is 777 g/mol. The maximum atomic E-state index is 12.8. The van der Waals surface area contributed by atoms with Crippen LogP contribution in [0.3, 0.4) is 0 Å². The Hall–Kier alpha value is -5.09. The normalized spacial score (nSPS) is 12.6. The van der Waals surface area contributed by atoms with E-state index in [0.717, 1.165) is 40.0 Å². The van der Waals surface area contributed by atoms with Gasteiger partial charge in [0.05, 0.1) is 27.6 Å². The lowest BCUT2D eigenvalue weighted by Crippen LogP contribution is -2.12. The number of aromatic nitrogens is 8. The molecule has 0 aliphatic carbocycles. The fourth-order valence-corrected chi connectivity index (χ4v) is 6.65. The molecule has 0 radical (unpaired) electrons. The number of fused-ring (bicyclic) bond motifs is 2. The topological polar surface area (TPSA) is 208 Å². The Morgan fingerprint density at radius 2 is 1.16 bits per heavy atom. The monoisotopic (exact) mass is 776 g/mol. The van der Waals surface area contributed by atoms with E-state index in [-0.39, 0.29) is 66.0 Å². The quantitative estimate of drug-likeness (QED) is 0.213. The van der Waals surface area contributed by atoms with Crippen molar-refractivity contribution in [2.45, 2.75) is 36.0 Å². The summed E-state index contributed by atoms with van der Waals surface area (Å²) in [6.45, 7) is 2.90. The Kier molecular flexibility index (Phi) is 9.64. The van der Waals surface area contributed by atoms with E-state index in [9.17, 15) is 43.2 Å². The molecule has 0 saturated carbocycles. The first kappa shape index (κ1) is 37.2. The molecule has 6 rings (SSSR count). The van der Waals surface area contributed by atoms with Crippen molar-refractivity contribution in [2.75, 3.05) is 23.0 Å². The number of alkyl halides is 6. The van der Waals surface area contributed by atoms with Crippen molar-refractivity contribution < 1.29 is 43.2 Å². The molecule has 0 saturated heterocycles. The van der Waals surface area contributed by atoms with E-state index in [4.69, 9.17) is 23.1 Å². The number of hydrogen-bond acceptors (Lipinski definition) is 12. The zero-order chi connectivity index (χ0) is 37.7. The third kappa shape index (κ3) is 7.66. The van der Waals surface area contributed by atoms with Crippen LogP contribution in [-0.2, 0) is 32.0 Å². The predicted molar refractivity (Wildman–Crippen MR) is 173 cm³/mol. The fourth-order valence-electron chi connectivity index (χ4n) is 4.40. The molecule has 23 heteroatoms. The first-order valence-electron chi connectivity index (χ1n) is 14.2. The number of anilines is 2. The average Bonchev–Trinajstić information content (AvgIpc) is 3.69. The van der Waals surface area contributed by atoms with E-state index >= 15 is 0 Å². The Morgan fingerprint density at radius 1 is 0.706 bits per heavy atom. The van der Waals surface area contributed by atoms with Crippen LogP contribution >= 0.6 is 11.6 Å². The maximum Gasteiger partial charge on any atom is 0.433 e. The standard InChI is InChI=1S/C14H11ClF3N5O2S.C14H12F3N5O2S/c1-2-26(24,25)10-3-8(15)12(19)21-13(10)23-6-7-5-20-11(14(16,17)18)4-9(7)22-23;1-2-25(23,24)10-3-4-12(18)20-13(10)22-7-8-6-19-11(14(15,16)17)5-9(8)21-22/h3-6H,2H2,1H3,(H2,19,21);3-7H,2H2,1H3,(H2,18,20). The van der Waals surface area contributed by atoms with Crippen LogP contribution < -0.4 is 11.5 Å². The van der Waals surface area contributed by atoms with Crippen molar-refractivity contribution in [1.29, 1.82) is 0 Å². The highest BCUT2D eigenvalue weighted by atomic mass is 35.5. The van der Waals surface area contributed by atoms with Gasteiger partial charge in [0, 0.05) is 35.6 Å². The number of sulfone groups is 2. The van der Waals surface area contributed by atoms with Crippen LogP contribution in [0.15, 0.2) is 64.9 Å². The molecule has 0 spiro atoms. The van der Waals surface area contributed by atoms with Gasteiger partial charge in [0.2, 0.25) is 0 Å². The molecule has 0 aromatic carbocycles. The smallest absolute Gasteiger partial charge is 0.384 e. The summed E-state index contributed by atoms with van der Waals surface area (Å²) in [6.07, 6.45) is -4.57. The lowest BCUT2D eigenvalue weighted by molar-refractivity contribution is -0.141. The van der Waals surface area contributed by atoms with Gasteiger partial charge in [-0.2, -0.15) is 36.5 Å². The highest BCUT2D eigenvalue weighted by molar-refractivity contribution is 7.91. The van der Waals surface area contributed by atoms with Crippen molar-refractivity contribution in [2.24, 2.45) is 0 Å². The van der Waals surface area contributed by atoms with Crippen LogP contribution in [0.4, 0.5) is 38.0 Å². The van der Waals surface area contributed by atoms with Crippen molar-refractivity contribution in [3.63, 3.8) is 0 Å². The van der Waals surface area contributed by atoms with E-state index < -0.39 is 43.4 Å². The highest BCUT2D eigenvalue weighted by Gasteiger charge is 2.34. The molecule has 6 heterocycles. The van der Waals surface area contributed by atoms with E-state index in [2.05, 4.69) is 30.1 Å². The van der Waals surface area contributed by atoms with Gasteiger partial charge in [0.25, 0.3) is 0 Å². The molecule has 6 aromatic rings. The predicted octanol–water partition coefficient (Wildman–Crippen LogP) is 5.07. The summed E-state index contributed by atoms with van der Waals surface area (Å²) in [6, 6.07) is 5.32. The van der Waals surface area contributed by atoms with Gasteiger partial charge in [-0.15, -0.1) is 0 Å². The highest BCUT2D eigenvalue weighted by Crippen LogP contribution is 2.32. The molecule has 51 heavy (non-hydrogen) atoms. The minimum Gasteiger partial charge on any atom is -0.384 e. The van der Waals surface area contributed by atoms with Crippen LogP contribution in [0, 0.1) is 0 Å². The number of nitrogen functional groups attached to an aromatic ring is 2. The summed E-state index contributed by atoms with van der Waals surface area (Å²) >= 11 is 5.87. The number of hydrogen-bond donors (Lipinski definition) is 2. The van der Waals surface area contributed by atoms with Gasteiger partial charge in [0.1, 0.15) is 32.8 Å². The molecule has 0 atom stereocenters. The van der Waals surface area contributed by atoms with Crippen molar-refractivity contribution >= 4 is 64.7 Å². The molecule has 270 valence electrons. The molecule has 14 nitrogen and oxygen atoms in total. The zero-order valence-corrected chi connectivity index (χ0v) is 28.3. The molecule has 0 bridgehead atoms. The fraction of sp³-hybridized carbons (Fsp3) is 0.214. The Bertz CT molecular complexity index is 2520. The Morgan fingerprint density at radius 3 is 1.61 bits per heavy atom. The molecule has 0 aliphatic heterocycles. The van der Waals surface area contributed by atoms with Gasteiger partial charge in [-0.05, 0) is 30.3 Å². The molecular formula is C28H23ClF6N10O4S2. The summed E-state index contributed by atoms with van der Waals surface area (Å²) in [4.78, 5) is 14.3. The van der Waals surface area contributed by atoms with Gasteiger partial charge >= 0.3 is 12.4 Å². The summed E-state index contributed by atoms with van der Waals surface area (Å²) in [5.74, 6) is -0.719. The summed E-state index contributed by atoms with van der Waals surface area (Å²) in [7, 11) is -7.38. The second kappa shape index (κ2) is 13.2. The first-order chi connectivity index (χ1) is 23.6. The van der Waals surface area contributed by atoms with Gasteiger partial charge < -0.3 is 11.5 Å². The SMILES string of the molecule is CCS(=O)(=O)c1cc(Cl)c(N)nc1-n1cc2cnc(C(F)(F)F)cc2n1.CCS(=O)(=O)c1ccc(N)nc1-n1cc2cnc(C(F)(F)F)cc2n1. The number of pyridine rings is 4. The summed E-state index contributed by atoms with van der Waals surface area (Å²) < 4.78 is 128. The molecular weight excluding hydrogens is 754 g/mol. The van der Waals surface area contributed by atoms with Crippen molar-refractivity contribution in [3.8, 4) is 11.6 Å². The summed E-state index contributed by atoms with van der Waals surface area (Å²) in [5, 5.41) is 8.51. The van der Waals surface area contributed by atoms with Crippen LogP contribution in [-0.4, -0.2) is 67.8 Å². The van der Waals surface area contributed by atoms with Crippen molar-refractivity contribution in [1.82, 2.24) is 39.5 Å². The molecule has 0 aliphatic rings. The Labute approximate surface area is 288 Å². The van der Waals surface area contributed by atoms with Gasteiger partial charge in [-0.3, -0.25) is 9.97 Å². The minimum absolute atomic E-state index is 0.00592. The number of nitrogens with zero attached hydrogens (tertiary/aromatic N) is 8. The number of nitrogens with two attached hydrogens (primary N) is 2. The third-order valence-corrected chi connectivity index (χ3v) is 10.8. The lowest BCUT2D eigenvalue weighted by atomic mass is 10.3. The zero-order valence-electron chi connectivity index (χ0n) is 25.9. The summed E-state index contributed by atoms with van der Waals surface area (Å²) in [5.41, 5.74) is 9.04. The maximum absolute atomic E-state index is 12.8. The second-order valence-electron chi connectivity index (χ2n) is 10.4. The number of rotatable bonds is 6. The third-order valence-electron chi connectivity index (χ3n) is 7.03. The molecule has 0 fully saturated rings. The van der Waals surface area contributed by atoms with Crippen LogP contribution in [0.25, 0.3) is 33.4 Å². The van der Waals surface area contributed by atoms with Crippen LogP contribution in [0.5, 0.6) is 0 Å². The van der Waals surface area contributed by atoms with E-state index in [0.29, 0.717) is 5.39 Å². The van der Waals surface area contributed by atoms with Crippen LogP contribution in [0.2, 0.25) is 5.02 Å². The number of halogens is 7. The minimum atomic E-state index is -4.63. The lowest BCUT2D eigenvalue weighted by Gasteiger charge is -2.10. The van der Waals surface area contributed by atoms with E-state index in [1.165, 1.54) is 38.4 Å². The van der Waals surface area contributed by atoms with Crippen molar-refractivity contribution in [3.05, 3.63) is 71.5 Å². The van der Waals surface area contributed by atoms with E-state index in [1.54, 1.807) is 0 Å². The second-order valence-corrected chi connectivity index (χ2v) is 15.3. The largest absolute Gasteiger partial charge is 0.433 e. The van der Waals surface area contributed by atoms with Gasteiger partial charge in [0.15, 0.2) is 31.3 Å². The van der Waals surface area contributed by atoms with Gasteiger partial charge in [-0.1, -0.05) is 25.4 Å². The van der Waals surface area contributed by atoms with Gasteiger partial charge in [-0.25, -0.2) is 36.2 Å². The Balaban J connectivity index is 0.000000198. The molecule has 4 N–H and O–H groups in total. The molecule has 6 aromatic heterocycles. The molecule has 0 unspecified atom stereocenters. The van der Waals surface area contributed by atoms with E-state index in [1.807, 2.05) is 0 Å². The van der Waals surface area contributed by atoms with Crippen LogP contribution in [0.1, 0.15) is 25.2 Å². The molecule has 0 amide bonds.